The molecule has 0 saturated carbocycles. The van der Waals surface area contributed by atoms with Crippen molar-refractivity contribution in [2.75, 3.05) is 0 Å². The first-order chi connectivity index (χ1) is 8.19. The molecule has 1 N–H and O–H groups in total. The zero-order valence-corrected chi connectivity index (χ0v) is 9.80. The van der Waals surface area contributed by atoms with Crippen molar-refractivity contribution in [3.8, 4) is 5.75 Å². The minimum atomic E-state index is -0.146. The predicted octanol–water partition coefficient (Wildman–Crippen LogP) is 1.76. The van der Waals surface area contributed by atoms with E-state index in [1.807, 2.05) is 19.9 Å². The van der Waals surface area contributed by atoms with Gasteiger partial charge in [0.2, 0.25) is 0 Å². The van der Waals surface area contributed by atoms with E-state index in [9.17, 15) is 0 Å². The van der Waals surface area contributed by atoms with Gasteiger partial charge < -0.3 is 14.4 Å². The van der Waals surface area contributed by atoms with E-state index in [2.05, 4.69) is 10.1 Å². The molecule has 2 heterocycles. The monoisotopic (exact) mass is 234 g/mol. The maximum Gasteiger partial charge on any atom is 0.174 e. The number of ether oxygens (including phenoxy) is 1. The van der Waals surface area contributed by atoms with Crippen LogP contribution < -0.4 is 4.74 Å². The number of aryl methyl sites for hydroxylation is 2. The van der Waals surface area contributed by atoms with E-state index in [1.165, 1.54) is 0 Å². The molecule has 2 aromatic rings. The minimum absolute atomic E-state index is 0.146. The lowest BCUT2D eigenvalue weighted by Crippen LogP contribution is -2.00. The van der Waals surface area contributed by atoms with E-state index < -0.39 is 0 Å². The minimum Gasteiger partial charge on any atom is -0.484 e. The number of aromatic nitrogens is 2. The van der Waals surface area contributed by atoms with Crippen LogP contribution in [0.25, 0.3) is 0 Å². The summed E-state index contributed by atoms with van der Waals surface area (Å²) < 4.78 is 10.6. The smallest absolute Gasteiger partial charge is 0.174 e. The Morgan fingerprint density at radius 1 is 1.29 bits per heavy atom. The number of aliphatic hydroxyl groups is 1. The van der Waals surface area contributed by atoms with Crippen LogP contribution in [0.5, 0.6) is 5.75 Å². The molecule has 0 aromatic carbocycles. The third-order valence-corrected chi connectivity index (χ3v) is 2.27. The maximum absolute atomic E-state index is 9.17. The summed E-state index contributed by atoms with van der Waals surface area (Å²) in [6.45, 7) is 3.84. The van der Waals surface area contributed by atoms with Crippen molar-refractivity contribution in [1.29, 1.82) is 0 Å². The van der Waals surface area contributed by atoms with Crippen molar-refractivity contribution in [2.45, 2.75) is 27.1 Å². The zero-order valence-electron chi connectivity index (χ0n) is 9.80. The van der Waals surface area contributed by atoms with Gasteiger partial charge in [0.05, 0.1) is 12.3 Å². The van der Waals surface area contributed by atoms with Crippen molar-refractivity contribution in [3.05, 3.63) is 41.0 Å². The van der Waals surface area contributed by atoms with Crippen molar-refractivity contribution < 1.29 is 14.4 Å². The fourth-order valence-electron chi connectivity index (χ4n) is 1.48. The highest BCUT2D eigenvalue weighted by Crippen LogP contribution is 2.18. The number of nitrogens with zero attached hydrogens (tertiary/aromatic N) is 2. The first kappa shape index (κ1) is 11.6. The summed E-state index contributed by atoms with van der Waals surface area (Å²) in [6, 6.07) is 5.43. The number of hydrogen-bond donors (Lipinski definition) is 1. The highest BCUT2D eigenvalue weighted by molar-refractivity contribution is 5.28. The Balaban J connectivity index is 2.08. The largest absolute Gasteiger partial charge is 0.484 e. The van der Waals surface area contributed by atoms with Crippen LogP contribution in [0.3, 0.4) is 0 Å². The molecule has 17 heavy (non-hydrogen) atoms. The normalized spacial score (nSPS) is 10.5. The Bertz CT molecular complexity index is 508. The van der Waals surface area contributed by atoms with Gasteiger partial charge in [-0.3, -0.25) is 4.98 Å². The number of pyridine rings is 1. The fraction of sp³-hybridized carbons (Fsp3) is 0.333. The summed E-state index contributed by atoms with van der Waals surface area (Å²) >= 11 is 0. The second-order valence-corrected chi connectivity index (χ2v) is 3.78. The summed E-state index contributed by atoms with van der Waals surface area (Å²) in [4.78, 5) is 4.19. The Labute approximate surface area is 99.0 Å². The molecule has 0 spiro atoms. The van der Waals surface area contributed by atoms with E-state index in [-0.39, 0.29) is 13.2 Å². The third-order valence-electron chi connectivity index (χ3n) is 2.27. The van der Waals surface area contributed by atoms with Crippen LogP contribution in [0.2, 0.25) is 0 Å². The zero-order chi connectivity index (χ0) is 12.3. The van der Waals surface area contributed by atoms with Gasteiger partial charge in [0.1, 0.15) is 18.1 Å². The van der Waals surface area contributed by atoms with Gasteiger partial charge in [-0.1, -0.05) is 5.16 Å². The van der Waals surface area contributed by atoms with Gasteiger partial charge in [-0.25, -0.2) is 0 Å². The van der Waals surface area contributed by atoms with Crippen LogP contribution in [0, 0.1) is 13.8 Å². The van der Waals surface area contributed by atoms with Crippen LogP contribution in [0.15, 0.2) is 22.7 Å². The van der Waals surface area contributed by atoms with Crippen LogP contribution in [-0.4, -0.2) is 15.2 Å². The molecule has 0 radical (unpaired) electrons. The molecule has 0 amide bonds. The Hall–Kier alpha value is -1.88. The Morgan fingerprint density at radius 3 is 2.76 bits per heavy atom. The average Bonchev–Trinajstić information content (AvgIpc) is 2.73. The summed E-state index contributed by atoms with van der Waals surface area (Å²) in [7, 11) is 0. The summed E-state index contributed by atoms with van der Waals surface area (Å²) in [5, 5.41) is 12.9. The van der Waals surface area contributed by atoms with Gasteiger partial charge in [0.25, 0.3) is 0 Å². The molecule has 0 saturated heterocycles. The standard InChI is InChI=1S/C12H14N2O3/c1-8-3-4-12(11(6-15)13-8)16-7-10-5-9(2)14-17-10/h3-5,15H,6-7H2,1-2H3. The molecule has 0 bridgehead atoms. The molecule has 2 rings (SSSR count). The molecule has 5 heteroatoms. The van der Waals surface area contributed by atoms with Gasteiger partial charge in [-0.05, 0) is 26.0 Å². The quantitative estimate of drug-likeness (QED) is 0.872. The highest BCUT2D eigenvalue weighted by atomic mass is 16.5. The van der Waals surface area contributed by atoms with Crippen LogP contribution in [0.4, 0.5) is 0 Å². The van der Waals surface area contributed by atoms with Gasteiger partial charge in [0.15, 0.2) is 5.76 Å². The van der Waals surface area contributed by atoms with Crippen LogP contribution in [0.1, 0.15) is 22.8 Å². The van der Waals surface area contributed by atoms with E-state index >= 15 is 0 Å². The van der Waals surface area contributed by atoms with Crippen molar-refractivity contribution in [3.63, 3.8) is 0 Å². The number of aliphatic hydroxyl groups excluding tert-OH is 1. The van der Waals surface area contributed by atoms with Gasteiger partial charge in [-0.15, -0.1) is 0 Å². The molecular weight excluding hydrogens is 220 g/mol. The maximum atomic E-state index is 9.17. The van der Waals surface area contributed by atoms with Crippen LogP contribution >= 0.6 is 0 Å². The molecule has 5 nitrogen and oxygen atoms in total. The third kappa shape index (κ3) is 2.82. The topological polar surface area (TPSA) is 68.4 Å². The summed E-state index contributed by atoms with van der Waals surface area (Å²) in [5.74, 6) is 1.21. The SMILES string of the molecule is Cc1cc(COc2ccc(C)nc2CO)on1. The first-order valence-corrected chi connectivity index (χ1v) is 5.31. The van der Waals surface area contributed by atoms with Gasteiger partial charge >= 0.3 is 0 Å². The van der Waals surface area contributed by atoms with E-state index in [4.69, 9.17) is 14.4 Å². The Kier molecular flexibility index (Phi) is 3.39. The van der Waals surface area contributed by atoms with Gasteiger partial charge in [0, 0.05) is 11.8 Å². The molecule has 0 aliphatic rings. The lowest BCUT2D eigenvalue weighted by atomic mass is 10.3. The van der Waals surface area contributed by atoms with Crippen molar-refractivity contribution >= 4 is 0 Å². The molecule has 0 fully saturated rings. The predicted molar refractivity (Wildman–Crippen MR) is 60.5 cm³/mol. The van der Waals surface area contributed by atoms with Gasteiger partial charge in [-0.2, -0.15) is 0 Å². The fourth-order valence-corrected chi connectivity index (χ4v) is 1.48. The lowest BCUT2D eigenvalue weighted by Gasteiger charge is -2.08. The van der Waals surface area contributed by atoms with Crippen molar-refractivity contribution in [1.82, 2.24) is 10.1 Å². The second-order valence-electron chi connectivity index (χ2n) is 3.78. The van der Waals surface area contributed by atoms with Crippen LogP contribution in [-0.2, 0) is 13.2 Å². The van der Waals surface area contributed by atoms with E-state index in [1.54, 1.807) is 12.1 Å². The lowest BCUT2D eigenvalue weighted by molar-refractivity contribution is 0.230. The van der Waals surface area contributed by atoms with Crippen molar-refractivity contribution in [2.24, 2.45) is 0 Å². The second kappa shape index (κ2) is 4.97. The molecule has 0 aliphatic heterocycles. The molecule has 0 atom stereocenters. The molecule has 2 aromatic heterocycles. The first-order valence-electron chi connectivity index (χ1n) is 5.31. The van der Waals surface area contributed by atoms with E-state index in [0.29, 0.717) is 17.2 Å². The van der Waals surface area contributed by atoms with E-state index in [0.717, 1.165) is 11.4 Å². The average molecular weight is 234 g/mol. The molecule has 0 aliphatic carbocycles. The molecular formula is C12H14N2O3. The highest BCUT2D eigenvalue weighted by Gasteiger charge is 2.07. The number of hydrogen-bond acceptors (Lipinski definition) is 5. The summed E-state index contributed by atoms with van der Waals surface area (Å²) in [6.07, 6.45) is 0. The molecule has 0 unspecified atom stereocenters. The summed E-state index contributed by atoms with van der Waals surface area (Å²) in [5.41, 5.74) is 2.19. The molecule has 90 valence electrons. The Morgan fingerprint density at radius 2 is 2.12 bits per heavy atom. The number of rotatable bonds is 4.